The summed E-state index contributed by atoms with van der Waals surface area (Å²) in [5.74, 6) is -2.82. The first-order valence-corrected chi connectivity index (χ1v) is 7.11. The van der Waals surface area contributed by atoms with Gasteiger partial charge in [0.05, 0.1) is 12.0 Å². The van der Waals surface area contributed by atoms with Crippen LogP contribution in [0.1, 0.15) is 17.5 Å². The number of rotatable bonds is 3. The van der Waals surface area contributed by atoms with Gasteiger partial charge < -0.3 is 10.0 Å². The summed E-state index contributed by atoms with van der Waals surface area (Å²) >= 11 is 0. The van der Waals surface area contributed by atoms with Crippen molar-refractivity contribution in [3.05, 3.63) is 35.4 Å². The van der Waals surface area contributed by atoms with Crippen LogP contribution in [0.5, 0.6) is 0 Å². The third kappa shape index (κ3) is 3.72. The lowest BCUT2D eigenvalue weighted by molar-refractivity contribution is -0.227. The molecule has 1 N–H and O–H groups in total. The summed E-state index contributed by atoms with van der Waals surface area (Å²) in [6, 6.07) is 3.66. The molecule has 1 aromatic rings. The SMILES string of the molecule is O=C(Cc1ccc(C(F)(F)F)cc1)N1CCC(C(=O)O)(C(F)(F)F)C1. The lowest BCUT2D eigenvalue weighted by Crippen LogP contribution is -2.47. The maximum atomic E-state index is 13.1. The van der Waals surface area contributed by atoms with Gasteiger partial charge in [0.25, 0.3) is 0 Å². The van der Waals surface area contributed by atoms with Crippen molar-refractivity contribution in [3.8, 4) is 0 Å². The highest BCUT2D eigenvalue weighted by molar-refractivity contribution is 5.82. The first-order valence-electron chi connectivity index (χ1n) is 7.11. The van der Waals surface area contributed by atoms with Crippen LogP contribution in [-0.2, 0) is 22.2 Å². The third-order valence-electron chi connectivity index (χ3n) is 4.21. The fraction of sp³-hybridized carbons (Fsp3) is 0.467. The van der Waals surface area contributed by atoms with E-state index in [-0.39, 0.29) is 12.1 Å². The van der Waals surface area contributed by atoms with Gasteiger partial charge in [0.1, 0.15) is 0 Å². The van der Waals surface area contributed by atoms with Crippen molar-refractivity contribution in [2.45, 2.75) is 25.2 Å². The normalized spacial score (nSPS) is 21.4. The Morgan fingerprint density at radius 2 is 1.64 bits per heavy atom. The van der Waals surface area contributed by atoms with Crippen LogP contribution in [0.3, 0.4) is 0 Å². The maximum absolute atomic E-state index is 13.1. The quantitative estimate of drug-likeness (QED) is 0.833. The fourth-order valence-corrected chi connectivity index (χ4v) is 2.65. The average Bonchev–Trinajstić information content (AvgIpc) is 2.93. The van der Waals surface area contributed by atoms with Crippen molar-refractivity contribution in [3.63, 3.8) is 0 Å². The van der Waals surface area contributed by atoms with Gasteiger partial charge in [-0.25, -0.2) is 0 Å². The first-order chi connectivity index (χ1) is 11.4. The van der Waals surface area contributed by atoms with Crippen molar-refractivity contribution in [1.29, 1.82) is 0 Å². The second-order valence-electron chi connectivity index (χ2n) is 5.82. The molecular formula is C15H13F6NO3. The van der Waals surface area contributed by atoms with Crippen LogP contribution < -0.4 is 0 Å². The zero-order chi connectivity index (χ0) is 19.0. The third-order valence-corrected chi connectivity index (χ3v) is 4.21. The highest BCUT2D eigenvalue weighted by Gasteiger charge is 2.64. The molecule has 0 aromatic heterocycles. The number of likely N-dealkylation sites (tertiary alicyclic amines) is 1. The van der Waals surface area contributed by atoms with Gasteiger partial charge in [0.2, 0.25) is 5.91 Å². The van der Waals surface area contributed by atoms with Crippen molar-refractivity contribution < 1.29 is 41.0 Å². The molecule has 0 spiro atoms. The number of aliphatic carboxylic acids is 1. The van der Waals surface area contributed by atoms with Gasteiger partial charge in [0, 0.05) is 13.1 Å². The molecule has 0 saturated carbocycles. The predicted octanol–water partition coefficient (Wildman–Crippen LogP) is 3.11. The minimum Gasteiger partial charge on any atom is -0.481 e. The number of carboxylic acids is 1. The number of halogens is 6. The molecule has 1 fully saturated rings. The van der Waals surface area contributed by atoms with Gasteiger partial charge in [-0.2, -0.15) is 26.3 Å². The number of hydrogen-bond donors (Lipinski definition) is 1. The molecule has 1 unspecified atom stereocenters. The van der Waals surface area contributed by atoms with E-state index in [9.17, 15) is 35.9 Å². The van der Waals surface area contributed by atoms with Crippen LogP contribution in [0.15, 0.2) is 24.3 Å². The highest BCUT2D eigenvalue weighted by Crippen LogP contribution is 2.45. The lowest BCUT2D eigenvalue weighted by atomic mass is 9.86. The number of carboxylic acid groups (broad SMARTS) is 1. The van der Waals surface area contributed by atoms with Crippen LogP contribution in [-0.4, -0.2) is 41.1 Å². The molecule has 0 bridgehead atoms. The molecule has 25 heavy (non-hydrogen) atoms. The van der Waals surface area contributed by atoms with E-state index in [4.69, 9.17) is 5.11 Å². The number of hydrogen-bond acceptors (Lipinski definition) is 2. The van der Waals surface area contributed by atoms with Crippen molar-refractivity contribution >= 4 is 11.9 Å². The monoisotopic (exact) mass is 369 g/mol. The molecular weight excluding hydrogens is 356 g/mol. The Balaban J connectivity index is 2.09. The van der Waals surface area contributed by atoms with Crippen LogP contribution in [0.4, 0.5) is 26.3 Å². The average molecular weight is 369 g/mol. The van der Waals surface area contributed by atoms with Crippen molar-refractivity contribution in [2.75, 3.05) is 13.1 Å². The van der Waals surface area contributed by atoms with Crippen LogP contribution >= 0.6 is 0 Å². The molecule has 1 aliphatic rings. The van der Waals surface area contributed by atoms with E-state index in [0.717, 1.165) is 29.2 Å². The van der Waals surface area contributed by atoms with E-state index in [1.807, 2.05) is 0 Å². The summed E-state index contributed by atoms with van der Waals surface area (Å²) < 4.78 is 76.6. The number of carbonyl (C=O) groups excluding carboxylic acids is 1. The fourth-order valence-electron chi connectivity index (χ4n) is 2.65. The number of carbonyl (C=O) groups is 2. The van der Waals surface area contributed by atoms with E-state index in [0.29, 0.717) is 0 Å². The van der Waals surface area contributed by atoms with Crippen molar-refractivity contribution in [2.24, 2.45) is 5.41 Å². The zero-order valence-corrected chi connectivity index (χ0v) is 12.6. The molecule has 1 aromatic carbocycles. The Hall–Kier alpha value is -2.26. The summed E-state index contributed by atoms with van der Waals surface area (Å²) in [5, 5.41) is 8.93. The summed E-state index contributed by atoms with van der Waals surface area (Å²) in [6.45, 7) is -1.39. The Bertz CT molecular complexity index is 667. The summed E-state index contributed by atoms with van der Waals surface area (Å²) in [5.41, 5.74) is -3.73. The van der Waals surface area contributed by atoms with Gasteiger partial charge in [-0.3, -0.25) is 9.59 Å². The minimum atomic E-state index is -5.01. The Kier molecular flexibility index (Phi) is 4.75. The summed E-state index contributed by atoms with van der Waals surface area (Å²) in [7, 11) is 0. The molecule has 10 heteroatoms. The van der Waals surface area contributed by atoms with Gasteiger partial charge in [0.15, 0.2) is 5.41 Å². The van der Waals surface area contributed by atoms with E-state index >= 15 is 0 Å². The van der Waals surface area contributed by atoms with Crippen molar-refractivity contribution in [1.82, 2.24) is 4.90 Å². The van der Waals surface area contributed by atoms with E-state index in [1.165, 1.54) is 0 Å². The van der Waals surface area contributed by atoms with Crippen LogP contribution in [0, 0.1) is 5.41 Å². The van der Waals surface area contributed by atoms with Gasteiger partial charge in [-0.1, -0.05) is 12.1 Å². The Labute approximate surface area is 138 Å². The van der Waals surface area contributed by atoms with E-state index < -0.39 is 54.6 Å². The lowest BCUT2D eigenvalue weighted by Gasteiger charge is -2.27. The second-order valence-corrected chi connectivity index (χ2v) is 5.82. The maximum Gasteiger partial charge on any atom is 0.416 e. The molecule has 1 amide bonds. The summed E-state index contributed by atoms with van der Waals surface area (Å²) in [4.78, 5) is 23.9. The number of alkyl halides is 6. The van der Waals surface area contributed by atoms with Gasteiger partial charge in [-0.15, -0.1) is 0 Å². The second kappa shape index (κ2) is 6.23. The molecule has 4 nitrogen and oxygen atoms in total. The topological polar surface area (TPSA) is 57.6 Å². The Morgan fingerprint density at radius 1 is 1.08 bits per heavy atom. The van der Waals surface area contributed by atoms with Crippen LogP contribution in [0.2, 0.25) is 0 Å². The molecule has 1 heterocycles. The number of amides is 1. The minimum absolute atomic E-state index is 0.192. The largest absolute Gasteiger partial charge is 0.481 e. The van der Waals surface area contributed by atoms with E-state index in [2.05, 4.69) is 0 Å². The van der Waals surface area contributed by atoms with Gasteiger partial charge in [-0.05, 0) is 24.1 Å². The molecule has 2 rings (SSSR count). The number of benzene rings is 1. The Morgan fingerprint density at radius 3 is 2.04 bits per heavy atom. The molecule has 0 aliphatic carbocycles. The molecule has 0 radical (unpaired) electrons. The highest BCUT2D eigenvalue weighted by atomic mass is 19.4. The predicted molar refractivity (Wildman–Crippen MR) is 72.5 cm³/mol. The number of nitrogens with zero attached hydrogens (tertiary/aromatic N) is 1. The zero-order valence-electron chi connectivity index (χ0n) is 12.6. The van der Waals surface area contributed by atoms with E-state index in [1.54, 1.807) is 0 Å². The van der Waals surface area contributed by atoms with Gasteiger partial charge >= 0.3 is 18.3 Å². The first kappa shape index (κ1) is 19.1. The molecule has 1 aliphatic heterocycles. The molecule has 1 atom stereocenters. The summed E-state index contributed by atoms with van der Waals surface area (Å²) in [6.07, 6.45) is -10.7. The molecule has 138 valence electrons. The molecule has 1 saturated heterocycles. The standard InChI is InChI=1S/C15H13F6NO3/c16-14(17,18)10-3-1-9(2-4-10)7-11(23)22-6-5-13(8-22,12(24)25)15(19,20)21/h1-4H,5-8H2,(H,24,25). The van der Waals surface area contributed by atoms with Crippen LogP contribution in [0.25, 0.3) is 0 Å². The smallest absolute Gasteiger partial charge is 0.416 e.